The second-order valence-corrected chi connectivity index (χ2v) is 6.73. The zero-order valence-electron chi connectivity index (χ0n) is 15.6. The fourth-order valence-electron chi connectivity index (χ4n) is 3.44. The predicted molar refractivity (Wildman–Crippen MR) is 99.0 cm³/mol. The Morgan fingerprint density at radius 3 is 1.89 bits per heavy atom. The monoisotopic (exact) mass is 386 g/mol. The van der Waals surface area contributed by atoms with Gasteiger partial charge in [0.1, 0.15) is 11.4 Å². The van der Waals surface area contributed by atoms with E-state index in [1.165, 1.54) is 6.07 Å². The number of H-pyrrole nitrogens is 2. The molecule has 28 heavy (non-hydrogen) atoms. The Bertz CT molecular complexity index is 937. The van der Waals surface area contributed by atoms with Crippen LogP contribution >= 0.6 is 0 Å². The molecule has 0 unspecified atom stereocenters. The summed E-state index contributed by atoms with van der Waals surface area (Å²) in [4.78, 5) is 50.5. The number of carboxylic acids is 1. The SMILES string of the molecule is CCOC(=O)c1cc2c([nH]1)CCCC2=O.O=C(O)c1cc2c([nH]1)CCCC2=O. The van der Waals surface area contributed by atoms with E-state index in [0.717, 1.165) is 37.1 Å². The van der Waals surface area contributed by atoms with Gasteiger partial charge in [-0.3, -0.25) is 9.59 Å². The van der Waals surface area contributed by atoms with Gasteiger partial charge in [-0.2, -0.15) is 0 Å². The van der Waals surface area contributed by atoms with Gasteiger partial charge in [0.25, 0.3) is 0 Å². The fourth-order valence-corrected chi connectivity index (χ4v) is 3.44. The maximum Gasteiger partial charge on any atom is 0.354 e. The number of hydrogen-bond donors (Lipinski definition) is 3. The van der Waals surface area contributed by atoms with Crippen molar-refractivity contribution in [2.75, 3.05) is 6.61 Å². The Hall–Kier alpha value is -3.16. The van der Waals surface area contributed by atoms with E-state index >= 15 is 0 Å². The quantitative estimate of drug-likeness (QED) is 0.696. The first-order chi connectivity index (χ1) is 13.4. The molecule has 0 spiro atoms. The number of aryl methyl sites for hydroxylation is 2. The van der Waals surface area contributed by atoms with Gasteiger partial charge in [-0.25, -0.2) is 9.59 Å². The second kappa shape index (κ2) is 8.24. The highest BCUT2D eigenvalue weighted by molar-refractivity contribution is 6.01. The van der Waals surface area contributed by atoms with E-state index in [0.29, 0.717) is 36.3 Å². The van der Waals surface area contributed by atoms with Crippen LogP contribution in [0.25, 0.3) is 0 Å². The molecule has 2 aliphatic rings. The number of aromatic nitrogens is 2. The largest absolute Gasteiger partial charge is 0.477 e. The number of rotatable bonds is 3. The molecule has 0 amide bonds. The Morgan fingerprint density at radius 1 is 0.929 bits per heavy atom. The molecule has 148 valence electrons. The summed E-state index contributed by atoms with van der Waals surface area (Å²) in [5.74, 6) is -1.24. The van der Waals surface area contributed by atoms with E-state index in [-0.39, 0.29) is 23.2 Å². The van der Waals surface area contributed by atoms with Crippen molar-refractivity contribution in [2.45, 2.75) is 45.4 Å². The number of nitrogens with one attached hydrogen (secondary N) is 2. The molecule has 0 saturated heterocycles. The van der Waals surface area contributed by atoms with Crippen molar-refractivity contribution in [3.05, 3.63) is 46.0 Å². The van der Waals surface area contributed by atoms with Crippen LogP contribution in [-0.4, -0.2) is 45.2 Å². The van der Waals surface area contributed by atoms with E-state index in [9.17, 15) is 19.2 Å². The molecule has 3 N–H and O–H groups in total. The topological polar surface area (TPSA) is 129 Å². The summed E-state index contributed by atoms with van der Waals surface area (Å²) in [6.45, 7) is 2.10. The first-order valence-electron chi connectivity index (χ1n) is 9.31. The van der Waals surface area contributed by atoms with E-state index in [4.69, 9.17) is 9.84 Å². The van der Waals surface area contributed by atoms with Gasteiger partial charge in [0.15, 0.2) is 11.6 Å². The second-order valence-electron chi connectivity index (χ2n) is 6.73. The standard InChI is InChI=1S/C11H13NO3.C9H9NO3/c1-2-15-11(14)9-6-7-8(12-9)4-3-5-10(7)13;11-8-3-1-2-6-5(8)4-7(10-6)9(12)13/h6,12H,2-5H2,1H3;4,10H,1-3H2,(H,12,13). The molecule has 0 saturated carbocycles. The van der Waals surface area contributed by atoms with Crippen molar-refractivity contribution < 1.29 is 29.0 Å². The summed E-state index contributed by atoms with van der Waals surface area (Å²) in [7, 11) is 0. The van der Waals surface area contributed by atoms with Gasteiger partial charge in [-0.1, -0.05) is 0 Å². The van der Waals surface area contributed by atoms with E-state index in [1.807, 2.05) is 0 Å². The Balaban J connectivity index is 0.000000162. The van der Waals surface area contributed by atoms with Crippen molar-refractivity contribution in [2.24, 2.45) is 0 Å². The lowest BCUT2D eigenvalue weighted by atomic mass is 9.97. The van der Waals surface area contributed by atoms with Gasteiger partial charge >= 0.3 is 11.9 Å². The summed E-state index contributed by atoms with van der Waals surface area (Å²) in [6.07, 6.45) is 4.38. The highest BCUT2D eigenvalue weighted by Gasteiger charge is 2.23. The summed E-state index contributed by atoms with van der Waals surface area (Å²) in [6, 6.07) is 3.04. The van der Waals surface area contributed by atoms with Crippen LogP contribution in [0.1, 0.15) is 85.7 Å². The normalized spacial score (nSPS) is 15.2. The lowest BCUT2D eigenvalue weighted by molar-refractivity contribution is 0.0519. The zero-order chi connectivity index (χ0) is 20.3. The molecule has 0 atom stereocenters. The Kier molecular flexibility index (Phi) is 5.77. The third-order valence-corrected chi connectivity index (χ3v) is 4.79. The van der Waals surface area contributed by atoms with Gasteiger partial charge < -0.3 is 19.8 Å². The number of ether oxygens (including phenoxy) is 1. The van der Waals surface area contributed by atoms with E-state index in [2.05, 4.69) is 9.97 Å². The number of hydrogen-bond acceptors (Lipinski definition) is 5. The molecule has 0 aliphatic heterocycles. The average Bonchev–Trinajstić information content (AvgIpc) is 3.28. The van der Waals surface area contributed by atoms with Crippen LogP contribution in [-0.2, 0) is 17.6 Å². The van der Waals surface area contributed by atoms with E-state index < -0.39 is 5.97 Å². The van der Waals surface area contributed by atoms with Crippen LogP contribution in [0, 0.1) is 0 Å². The smallest absolute Gasteiger partial charge is 0.354 e. The van der Waals surface area contributed by atoms with Gasteiger partial charge in [-0.05, 0) is 44.7 Å². The number of carboxylic acid groups (broad SMARTS) is 1. The molecule has 2 heterocycles. The third kappa shape index (κ3) is 4.05. The highest BCUT2D eigenvalue weighted by atomic mass is 16.5. The molecule has 8 nitrogen and oxygen atoms in total. The van der Waals surface area contributed by atoms with Gasteiger partial charge in [-0.15, -0.1) is 0 Å². The maximum atomic E-state index is 11.5. The number of esters is 1. The molecule has 0 bridgehead atoms. The van der Waals surface area contributed by atoms with Crippen LogP contribution < -0.4 is 0 Å². The highest BCUT2D eigenvalue weighted by Crippen LogP contribution is 2.22. The maximum absolute atomic E-state index is 11.5. The van der Waals surface area contributed by atoms with Gasteiger partial charge in [0, 0.05) is 35.4 Å². The zero-order valence-corrected chi connectivity index (χ0v) is 15.6. The molecule has 8 heteroatoms. The Labute approximate surface area is 161 Å². The third-order valence-electron chi connectivity index (χ3n) is 4.79. The Morgan fingerprint density at radius 2 is 1.43 bits per heavy atom. The van der Waals surface area contributed by atoms with Crippen molar-refractivity contribution in [1.82, 2.24) is 9.97 Å². The lowest BCUT2D eigenvalue weighted by Crippen LogP contribution is -2.08. The number of aromatic amines is 2. The number of fused-ring (bicyclic) bond motifs is 2. The number of carbonyl (C=O) groups excluding carboxylic acids is 3. The van der Waals surface area contributed by atoms with Crippen molar-refractivity contribution in [3.8, 4) is 0 Å². The summed E-state index contributed by atoms with van der Waals surface area (Å²) >= 11 is 0. The summed E-state index contributed by atoms with van der Waals surface area (Å²) in [5, 5.41) is 8.68. The van der Waals surface area contributed by atoms with Crippen molar-refractivity contribution in [3.63, 3.8) is 0 Å². The molecule has 2 aromatic heterocycles. The molecular weight excluding hydrogens is 364 g/mol. The minimum absolute atomic E-state index is 0.0463. The summed E-state index contributed by atoms with van der Waals surface area (Å²) < 4.78 is 4.86. The number of ketones is 2. The van der Waals surface area contributed by atoms with Crippen LogP contribution in [0.5, 0.6) is 0 Å². The van der Waals surface area contributed by atoms with Gasteiger partial charge in [0.05, 0.1) is 6.61 Å². The van der Waals surface area contributed by atoms with Crippen molar-refractivity contribution in [1.29, 1.82) is 0 Å². The molecule has 0 aromatic carbocycles. The molecule has 2 aliphatic carbocycles. The van der Waals surface area contributed by atoms with Crippen LogP contribution in [0.3, 0.4) is 0 Å². The minimum atomic E-state index is -1.01. The van der Waals surface area contributed by atoms with Crippen LogP contribution in [0.4, 0.5) is 0 Å². The predicted octanol–water partition coefficient (Wildman–Crippen LogP) is 2.94. The minimum Gasteiger partial charge on any atom is -0.477 e. The van der Waals surface area contributed by atoms with Crippen molar-refractivity contribution >= 4 is 23.5 Å². The molecule has 2 aromatic rings. The summed E-state index contributed by atoms with van der Waals surface area (Å²) in [5.41, 5.74) is 3.35. The first kappa shape index (κ1) is 19.6. The number of aromatic carboxylic acids is 1. The molecule has 0 fully saturated rings. The lowest BCUT2D eigenvalue weighted by Gasteiger charge is -2.08. The molecule has 0 radical (unpaired) electrons. The van der Waals surface area contributed by atoms with Crippen LogP contribution in [0.15, 0.2) is 12.1 Å². The number of Topliss-reactive ketones (excluding diaryl/α,β-unsaturated/α-hetero) is 2. The van der Waals surface area contributed by atoms with Gasteiger partial charge in [0.2, 0.25) is 0 Å². The van der Waals surface area contributed by atoms with E-state index in [1.54, 1.807) is 13.0 Å². The number of carbonyl (C=O) groups is 4. The van der Waals surface area contributed by atoms with Crippen LogP contribution in [0.2, 0.25) is 0 Å². The molecule has 4 rings (SSSR count). The fraction of sp³-hybridized carbons (Fsp3) is 0.400. The first-order valence-corrected chi connectivity index (χ1v) is 9.31. The average molecular weight is 386 g/mol. The molecular formula is C20H22N2O6.